The first kappa shape index (κ1) is 15.8. The molecule has 0 aliphatic rings. The summed E-state index contributed by atoms with van der Waals surface area (Å²) in [7, 11) is 5.96. The number of hydrogen-bond donors (Lipinski definition) is 2. The number of benzene rings is 1. The van der Waals surface area contributed by atoms with Crippen LogP contribution in [0.5, 0.6) is 0 Å². The highest BCUT2D eigenvalue weighted by atomic mass is 35.5. The van der Waals surface area contributed by atoms with Crippen LogP contribution in [-0.2, 0) is 4.84 Å². The molecule has 3 rings (SSSR count). The van der Waals surface area contributed by atoms with Gasteiger partial charge in [0.1, 0.15) is 13.7 Å². The van der Waals surface area contributed by atoms with Gasteiger partial charge in [-0.15, -0.1) is 0 Å². The first-order chi connectivity index (χ1) is 11.2. The van der Waals surface area contributed by atoms with Crippen LogP contribution in [0, 0.1) is 0 Å². The highest BCUT2D eigenvalue weighted by molar-refractivity contribution is 6.36. The van der Waals surface area contributed by atoms with Crippen LogP contribution in [0.4, 0.5) is 5.82 Å². The average molecular weight is 328 g/mol. The van der Waals surface area contributed by atoms with Crippen LogP contribution >= 0.6 is 11.6 Å². The molecule has 0 saturated heterocycles. The van der Waals surface area contributed by atoms with E-state index in [1.807, 2.05) is 30.3 Å². The van der Waals surface area contributed by atoms with Crippen molar-refractivity contribution in [1.82, 2.24) is 14.6 Å². The van der Waals surface area contributed by atoms with Gasteiger partial charge in [0, 0.05) is 29.4 Å². The molecule has 6 nitrogen and oxygen atoms in total. The van der Waals surface area contributed by atoms with E-state index in [-0.39, 0.29) is 0 Å². The van der Waals surface area contributed by atoms with Crippen LogP contribution in [0.15, 0.2) is 36.5 Å². The number of anilines is 1. The lowest BCUT2D eigenvalue weighted by Gasteiger charge is -2.11. The molecule has 2 radical (unpaired) electrons. The van der Waals surface area contributed by atoms with E-state index in [2.05, 4.69) is 20.2 Å². The number of hydrogen-bond acceptors (Lipinski definition) is 5. The Morgan fingerprint density at radius 2 is 2.17 bits per heavy atom. The summed E-state index contributed by atoms with van der Waals surface area (Å²) in [4.78, 5) is 9.15. The van der Waals surface area contributed by atoms with Gasteiger partial charge in [0.05, 0.1) is 12.3 Å². The zero-order chi connectivity index (χ0) is 16.2. The second-order valence-electron chi connectivity index (χ2n) is 4.99. The maximum atomic E-state index is 6.28. The Morgan fingerprint density at radius 1 is 1.35 bits per heavy atom. The molecule has 0 fully saturated rings. The zero-order valence-electron chi connectivity index (χ0n) is 12.4. The van der Waals surface area contributed by atoms with Crippen molar-refractivity contribution in [2.45, 2.75) is 6.42 Å². The highest BCUT2D eigenvalue weighted by Gasteiger charge is 2.12. The summed E-state index contributed by atoms with van der Waals surface area (Å²) in [6, 6.07) is 9.43. The fourth-order valence-electron chi connectivity index (χ4n) is 2.28. The van der Waals surface area contributed by atoms with E-state index in [9.17, 15) is 0 Å². The first-order valence-electron chi connectivity index (χ1n) is 7.15. The van der Waals surface area contributed by atoms with E-state index < -0.39 is 0 Å². The molecule has 0 aliphatic carbocycles. The van der Waals surface area contributed by atoms with Gasteiger partial charge in [0.2, 0.25) is 0 Å². The number of halogens is 1. The van der Waals surface area contributed by atoms with Crippen molar-refractivity contribution < 1.29 is 4.84 Å². The summed E-state index contributed by atoms with van der Waals surface area (Å²) < 4.78 is 1.67. The smallest absolute Gasteiger partial charge is 0.150 e. The number of rotatable bonds is 6. The number of nitrogens with one attached hydrogen (secondary N) is 1. The van der Waals surface area contributed by atoms with E-state index in [4.69, 9.17) is 25.3 Å². The number of aromatic nitrogens is 3. The Morgan fingerprint density at radius 3 is 2.96 bits per heavy atom. The summed E-state index contributed by atoms with van der Waals surface area (Å²) in [6.07, 6.45) is 2.34. The lowest BCUT2D eigenvalue weighted by molar-refractivity contribution is 0.137. The van der Waals surface area contributed by atoms with Crippen LogP contribution in [0.3, 0.4) is 0 Å². The molecule has 2 aromatic heterocycles. The molecule has 0 amide bonds. The molecule has 3 aromatic rings. The molecule has 0 bridgehead atoms. The topological polar surface area (TPSA) is 77.5 Å². The standard InChI is InChI=1S/C15H15BClN5O/c16-11-9-20-22-14(19-6-3-7-23-18)8-13(21-15(11)22)10-4-1-2-5-12(10)17/h1-2,4-5,8-9,19H,3,6-7,18H2. The largest absolute Gasteiger partial charge is 0.370 e. The minimum Gasteiger partial charge on any atom is -0.370 e. The summed E-state index contributed by atoms with van der Waals surface area (Å²) in [5.74, 6) is 5.81. The van der Waals surface area contributed by atoms with E-state index in [0.717, 1.165) is 23.5 Å². The summed E-state index contributed by atoms with van der Waals surface area (Å²) in [5, 5.41) is 8.17. The Bertz CT molecular complexity index is 823. The van der Waals surface area contributed by atoms with Gasteiger partial charge in [-0.2, -0.15) is 9.61 Å². The SMILES string of the molecule is [B]c1cnn2c(NCCCON)cc(-c3ccccc3Cl)nc12. The minimum atomic E-state index is 0.472. The average Bonchev–Trinajstić information content (AvgIpc) is 2.93. The van der Waals surface area contributed by atoms with Gasteiger partial charge in [-0.25, -0.2) is 10.9 Å². The van der Waals surface area contributed by atoms with Crippen molar-refractivity contribution in [2.75, 3.05) is 18.5 Å². The second-order valence-corrected chi connectivity index (χ2v) is 5.40. The van der Waals surface area contributed by atoms with Crippen LogP contribution in [0.25, 0.3) is 16.9 Å². The van der Waals surface area contributed by atoms with Crippen LogP contribution in [-0.4, -0.2) is 35.6 Å². The molecule has 0 aliphatic heterocycles. The van der Waals surface area contributed by atoms with Gasteiger partial charge in [-0.05, 0) is 17.9 Å². The van der Waals surface area contributed by atoms with Crippen molar-refractivity contribution in [2.24, 2.45) is 5.90 Å². The second kappa shape index (κ2) is 7.00. The fourth-order valence-corrected chi connectivity index (χ4v) is 2.52. The number of fused-ring (bicyclic) bond motifs is 1. The summed E-state index contributed by atoms with van der Waals surface area (Å²) in [5.41, 5.74) is 2.66. The third kappa shape index (κ3) is 3.31. The summed E-state index contributed by atoms with van der Waals surface area (Å²) in [6.45, 7) is 1.15. The maximum Gasteiger partial charge on any atom is 0.150 e. The van der Waals surface area contributed by atoms with Gasteiger partial charge in [0.25, 0.3) is 0 Å². The minimum absolute atomic E-state index is 0.472. The molecule has 0 atom stereocenters. The van der Waals surface area contributed by atoms with Crippen LogP contribution in [0.1, 0.15) is 6.42 Å². The molecular formula is C15H15BClN5O. The van der Waals surface area contributed by atoms with Crippen molar-refractivity contribution in [1.29, 1.82) is 0 Å². The van der Waals surface area contributed by atoms with Gasteiger partial charge in [-0.1, -0.05) is 29.8 Å². The maximum absolute atomic E-state index is 6.28. The first-order valence-corrected chi connectivity index (χ1v) is 7.53. The van der Waals surface area contributed by atoms with Gasteiger partial charge >= 0.3 is 0 Å². The Hall–Kier alpha value is -2.09. The lowest BCUT2D eigenvalue weighted by Crippen LogP contribution is -2.12. The third-order valence-corrected chi connectivity index (χ3v) is 3.72. The third-order valence-electron chi connectivity index (χ3n) is 3.39. The predicted molar refractivity (Wildman–Crippen MR) is 92.1 cm³/mol. The van der Waals surface area contributed by atoms with E-state index >= 15 is 0 Å². The molecule has 0 spiro atoms. The van der Waals surface area contributed by atoms with Crippen molar-refractivity contribution in [3.05, 3.63) is 41.6 Å². The molecular weight excluding hydrogens is 312 g/mol. The van der Waals surface area contributed by atoms with Crippen LogP contribution < -0.4 is 16.7 Å². The highest BCUT2D eigenvalue weighted by Crippen LogP contribution is 2.28. The Balaban J connectivity index is 2.02. The van der Waals surface area contributed by atoms with Gasteiger partial charge in [-0.3, -0.25) is 0 Å². The van der Waals surface area contributed by atoms with E-state index in [1.54, 1.807) is 10.7 Å². The molecule has 0 unspecified atom stereocenters. The molecule has 2 heterocycles. The van der Waals surface area contributed by atoms with E-state index in [0.29, 0.717) is 29.3 Å². The van der Waals surface area contributed by atoms with Crippen molar-refractivity contribution in [3.63, 3.8) is 0 Å². The quantitative estimate of drug-likeness (QED) is 0.408. The number of nitrogens with two attached hydrogens (primary N) is 1. The zero-order valence-corrected chi connectivity index (χ0v) is 13.1. The molecule has 0 saturated carbocycles. The normalized spacial score (nSPS) is 11.0. The molecule has 116 valence electrons. The Labute approximate surface area is 140 Å². The predicted octanol–water partition coefficient (Wildman–Crippen LogP) is 1.54. The van der Waals surface area contributed by atoms with Gasteiger partial charge in [0.15, 0.2) is 5.65 Å². The van der Waals surface area contributed by atoms with Crippen molar-refractivity contribution in [3.8, 4) is 11.3 Å². The number of nitrogens with zero attached hydrogens (tertiary/aromatic N) is 3. The van der Waals surface area contributed by atoms with Gasteiger partial charge < -0.3 is 10.2 Å². The fraction of sp³-hybridized carbons (Fsp3) is 0.200. The lowest BCUT2D eigenvalue weighted by atomic mass is 10.0. The monoisotopic (exact) mass is 327 g/mol. The summed E-state index contributed by atoms with van der Waals surface area (Å²) >= 11 is 6.28. The molecule has 3 N–H and O–H groups in total. The van der Waals surface area contributed by atoms with E-state index in [1.165, 1.54) is 0 Å². The van der Waals surface area contributed by atoms with Crippen molar-refractivity contribution >= 4 is 36.4 Å². The molecule has 23 heavy (non-hydrogen) atoms. The molecule has 1 aromatic carbocycles. The van der Waals surface area contributed by atoms with Crippen LogP contribution in [0.2, 0.25) is 5.02 Å². The molecule has 8 heteroatoms. The Kier molecular flexibility index (Phi) is 4.80.